The SMILES string of the molecule is CCOc1ccc(Br)cc1CNCc1ccc(C(=O)O)cc1.Cl. The van der Waals surface area contributed by atoms with Gasteiger partial charge in [0.15, 0.2) is 0 Å². The molecule has 0 aliphatic heterocycles. The van der Waals surface area contributed by atoms with Crippen LogP contribution < -0.4 is 10.1 Å². The number of hydrogen-bond acceptors (Lipinski definition) is 3. The number of benzene rings is 2. The summed E-state index contributed by atoms with van der Waals surface area (Å²) in [4.78, 5) is 10.8. The van der Waals surface area contributed by atoms with Crippen LogP contribution in [0.3, 0.4) is 0 Å². The van der Waals surface area contributed by atoms with Crippen molar-refractivity contribution >= 4 is 34.3 Å². The highest BCUT2D eigenvalue weighted by Gasteiger charge is 2.05. The molecule has 0 unspecified atom stereocenters. The van der Waals surface area contributed by atoms with Crippen molar-refractivity contribution in [2.45, 2.75) is 20.0 Å². The van der Waals surface area contributed by atoms with E-state index >= 15 is 0 Å². The van der Waals surface area contributed by atoms with Crippen LogP contribution in [-0.2, 0) is 13.1 Å². The molecule has 0 heterocycles. The van der Waals surface area contributed by atoms with E-state index in [0.717, 1.165) is 21.3 Å². The summed E-state index contributed by atoms with van der Waals surface area (Å²) < 4.78 is 6.62. The van der Waals surface area contributed by atoms with Crippen LogP contribution in [0.5, 0.6) is 5.75 Å². The summed E-state index contributed by atoms with van der Waals surface area (Å²) in [6, 6.07) is 12.8. The Hall–Kier alpha value is -1.56. The van der Waals surface area contributed by atoms with E-state index in [-0.39, 0.29) is 12.4 Å². The first-order valence-electron chi connectivity index (χ1n) is 7.04. The smallest absolute Gasteiger partial charge is 0.335 e. The Morgan fingerprint density at radius 3 is 2.48 bits per heavy atom. The molecule has 23 heavy (non-hydrogen) atoms. The number of carboxylic acid groups (broad SMARTS) is 1. The van der Waals surface area contributed by atoms with E-state index in [1.165, 1.54) is 0 Å². The van der Waals surface area contributed by atoms with Gasteiger partial charge in [-0.1, -0.05) is 28.1 Å². The number of ether oxygens (including phenoxy) is 1. The van der Waals surface area contributed by atoms with E-state index in [4.69, 9.17) is 9.84 Å². The van der Waals surface area contributed by atoms with Gasteiger partial charge >= 0.3 is 5.97 Å². The molecule has 0 aliphatic carbocycles. The molecular weight excluding hydrogens is 382 g/mol. The van der Waals surface area contributed by atoms with Crippen molar-refractivity contribution in [3.63, 3.8) is 0 Å². The molecule has 0 spiro atoms. The number of halogens is 2. The third-order valence-electron chi connectivity index (χ3n) is 3.17. The van der Waals surface area contributed by atoms with Gasteiger partial charge in [0, 0.05) is 23.1 Å². The van der Waals surface area contributed by atoms with Crippen LogP contribution in [0.4, 0.5) is 0 Å². The summed E-state index contributed by atoms with van der Waals surface area (Å²) in [5.41, 5.74) is 2.42. The Labute approximate surface area is 150 Å². The maximum atomic E-state index is 10.8. The summed E-state index contributed by atoms with van der Waals surface area (Å²) in [7, 11) is 0. The first-order chi connectivity index (χ1) is 10.6. The van der Waals surface area contributed by atoms with E-state index in [2.05, 4.69) is 21.2 Å². The topological polar surface area (TPSA) is 58.6 Å². The average molecular weight is 401 g/mol. The van der Waals surface area contributed by atoms with Crippen molar-refractivity contribution in [3.05, 3.63) is 63.6 Å². The quantitative estimate of drug-likeness (QED) is 0.729. The predicted molar refractivity (Wildman–Crippen MR) is 96.5 cm³/mol. The van der Waals surface area contributed by atoms with Crippen molar-refractivity contribution in [1.82, 2.24) is 5.32 Å². The Balaban J connectivity index is 0.00000264. The summed E-state index contributed by atoms with van der Waals surface area (Å²) in [5, 5.41) is 12.2. The van der Waals surface area contributed by atoms with Crippen LogP contribution in [0.15, 0.2) is 46.9 Å². The predicted octanol–water partition coefficient (Wildman–Crippen LogP) is 4.26. The van der Waals surface area contributed by atoms with E-state index in [0.29, 0.717) is 25.3 Å². The highest BCUT2D eigenvalue weighted by atomic mass is 79.9. The summed E-state index contributed by atoms with van der Waals surface area (Å²) >= 11 is 3.47. The zero-order chi connectivity index (χ0) is 15.9. The van der Waals surface area contributed by atoms with Crippen molar-refractivity contribution in [2.24, 2.45) is 0 Å². The Kier molecular flexibility index (Phi) is 8.09. The number of rotatable bonds is 7. The lowest BCUT2D eigenvalue weighted by Gasteiger charge is -2.12. The molecule has 0 bridgehead atoms. The van der Waals surface area contributed by atoms with Gasteiger partial charge in [-0.2, -0.15) is 0 Å². The van der Waals surface area contributed by atoms with Crippen molar-refractivity contribution in [2.75, 3.05) is 6.61 Å². The van der Waals surface area contributed by atoms with Crippen molar-refractivity contribution in [3.8, 4) is 5.75 Å². The van der Waals surface area contributed by atoms with Gasteiger partial charge in [-0.3, -0.25) is 0 Å². The molecule has 0 aromatic heterocycles. The van der Waals surface area contributed by atoms with Gasteiger partial charge < -0.3 is 15.2 Å². The lowest BCUT2D eigenvalue weighted by atomic mass is 10.1. The minimum Gasteiger partial charge on any atom is -0.494 e. The van der Waals surface area contributed by atoms with Gasteiger partial charge in [0.05, 0.1) is 12.2 Å². The molecule has 0 radical (unpaired) electrons. The largest absolute Gasteiger partial charge is 0.494 e. The van der Waals surface area contributed by atoms with E-state index < -0.39 is 5.97 Å². The highest BCUT2D eigenvalue weighted by Crippen LogP contribution is 2.23. The minimum atomic E-state index is -0.907. The number of carboxylic acids is 1. The van der Waals surface area contributed by atoms with Crippen LogP contribution in [0, 0.1) is 0 Å². The van der Waals surface area contributed by atoms with E-state index in [1.54, 1.807) is 12.1 Å². The van der Waals surface area contributed by atoms with Crippen LogP contribution in [0.2, 0.25) is 0 Å². The fraction of sp³-hybridized carbons (Fsp3) is 0.235. The summed E-state index contributed by atoms with van der Waals surface area (Å²) in [5.74, 6) is -0.0329. The zero-order valence-corrected chi connectivity index (χ0v) is 15.1. The van der Waals surface area contributed by atoms with Gasteiger partial charge in [-0.15, -0.1) is 12.4 Å². The van der Waals surface area contributed by atoms with Crippen molar-refractivity contribution < 1.29 is 14.6 Å². The fourth-order valence-corrected chi connectivity index (χ4v) is 2.50. The van der Waals surface area contributed by atoms with Gasteiger partial charge in [0.25, 0.3) is 0 Å². The second-order valence-corrected chi connectivity index (χ2v) is 5.71. The number of hydrogen-bond donors (Lipinski definition) is 2. The number of aromatic carboxylic acids is 1. The van der Waals surface area contributed by atoms with Crippen LogP contribution in [0.25, 0.3) is 0 Å². The van der Waals surface area contributed by atoms with Gasteiger partial charge in [0.1, 0.15) is 5.75 Å². The first kappa shape index (κ1) is 19.5. The molecule has 2 rings (SSSR count). The third-order valence-corrected chi connectivity index (χ3v) is 3.66. The Bertz CT molecular complexity index is 647. The zero-order valence-electron chi connectivity index (χ0n) is 12.7. The molecule has 0 saturated heterocycles. The normalized spacial score (nSPS) is 10.0. The summed E-state index contributed by atoms with van der Waals surface area (Å²) in [6.07, 6.45) is 0. The standard InChI is InChI=1S/C17H18BrNO3.ClH/c1-2-22-16-8-7-15(18)9-14(16)11-19-10-12-3-5-13(6-4-12)17(20)21;/h3-9,19H,2,10-11H2,1H3,(H,20,21);1H. The average Bonchev–Trinajstić information content (AvgIpc) is 2.50. The molecule has 124 valence electrons. The molecule has 0 amide bonds. The molecule has 2 aromatic rings. The van der Waals surface area contributed by atoms with E-state index in [1.807, 2.05) is 37.3 Å². The minimum absolute atomic E-state index is 0. The van der Waals surface area contributed by atoms with Crippen LogP contribution in [-0.4, -0.2) is 17.7 Å². The molecule has 0 saturated carbocycles. The lowest BCUT2D eigenvalue weighted by molar-refractivity contribution is 0.0697. The Morgan fingerprint density at radius 2 is 1.87 bits per heavy atom. The van der Waals surface area contributed by atoms with Gasteiger partial charge in [-0.25, -0.2) is 4.79 Å². The van der Waals surface area contributed by atoms with Gasteiger partial charge in [0.2, 0.25) is 0 Å². The second-order valence-electron chi connectivity index (χ2n) is 4.79. The maximum absolute atomic E-state index is 10.8. The fourth-order valence-electron chi connectivity index (χ4n) is 2.09. The third kappa shape index (κ3) is 5.86. The molecule has 4 nitrogen and oxygen atoms in total. The maximum Gasteiger partial charge on any atom is 0.335 e. The molecule has 0 aliphatic rings. The second kappa shape index (κ2) is 9.55. The van der Waals surface area contributed by atoms with Gasteiger partial charge in [-0.05, 0) is 42.8 Å². The van der Waals surface area contributed by atoms with Crippen LogP contribution >= 0.6 is 28.3 Å². The summed E-state index contributed by atoms with van der Waals surface area (Å²) in [6.45, 7) is 3.93. The Morgan fingerprint density at radius 1 is 1.17 bits per heavy atom. The molecule has 6 heteroatoms. The first-order valence-corrected chi connectivity index (χ1v) is 7.83. The molecule has 0 fully saturated rings. The van der Waals surface area contributed by atoms with Crippen molar-refractivity contribution in [1.29, 1.82) is 0 Å². The number of nitrogens with one attached hydrogen (secondary N) is 1. The lowest BCUT2D eigenvalue weighted by Crippen LogP contribution is -2.14. The highest BCUT2D eigenvalue weighted by molar-refractivity contribution is 9.10. The molecular formula is C17H19BrClNO3. The monoisotopic (exact) mass is 399 g/mol. The molecule has 2 aromatic carbocycles. The molecule has 2 N–H and O–H groups in total. The number of carbonyl (C=O) groups is 1. The van der Waals surface area contributed by atoms with E-state index in [9.17, 15) is 4.79 Å². The van der Waals surface area contributed by atoms with Crippen LogP contribution in [0.1, 0.15) is 28.4 Å². The molecule has 0 atom stereocenters.